The minimum Gasteiger partial charge on any atom is -0.497 e. The van der Waals surface area contributed by atoms with E-state index in [-0.39, 0.29) is 12.3 Å². The molecule has 1 aliphatic heterocycles. The second-order valence-electron chi connectivity index (χ2n) is 7.33. The Bertz CT molecular complexity index is 1120. The SMILES string of the molecule is COc1ccc(CCNC(=O)C[C@H]2NC(=O)N(c3cccc4ccccc34)C2=O)cc1. The van der Waals surface area contributed by atoms with Crippen LogP contribution in [0.4, 0.5) is 10.5 Å². The summed E-state index contributed by atoms with van der Waals surface area (Å²) in [6.45, 7) is 0.438. The van der Waals surface area contributed by atoms with Crippen LogP contribution in [0.3, 0.4) is 0 Å². The molecule has 0 aromatic heterocycles. The van der Waals surface area contributed by atoms with Gasteiger partial charge in [0.1, 0.15) is 11.8 Å². The van der Waals surface area contributed by atoms with Crippen molar-refractivity contribution in [3.63, 3.8) is 0 Å². The number of carbonyl (C=O) groups excluding carboxylic acids is 3. The first-order valence-corrected chi connectivity index (χ1v) is 10.1. The minimum absolute atomic E-state index is 0.103. The first-order valence-electron chi connectivity index (χ1n) is 10.1. The Kier molecular flexibility index (Phi) is 5.84. The smallest absolute Gasteiger partial charge is 0.329 e. The summed E-state index contributed by atoms with van der Waals surface area (Å²) in [5.74, 6) is 0.0672. The van der Waals surface area contributed by atoms with E-state index >= 15 is 0 Å². The molecular formula is C24H23N3O4. The summed E-state index contributed by atoms with van der Waals surface area (Å²) < 4.78 is 5.13. The fourth-order valence-electron chi connectivity index (χ4n) is 3.70. The molecule has 0 aliphatic carbocycles. The van der Waals surface area contributed by atoms with Crippen LogP contribution in [0.15, 0.2) is 66.7 Å². The van der Waals surface area contributed by atoms with Gasteiger partial charge in [0.2, 0.25) is 5.91 Å². The molecule has 0 bridgehead atoms. The maximum Gasteiger partial charge on any atom is 0.329 e. The number of urea groups is 1. The molecule has 4 amide bonds. The van der Waals surface area contributed by atoms with E-state index in [4.69, 9.17) is 4.74 Å². The second kappa shape index (κ2) is 8.87. The van der Waals surface area contributed by atoms with Crippen LogP contribution in [-0.2, 0) is 16.0 Å². The van der Waals surface area contributed by atoms with Crippen molar-refractivity contribution in [3.8, 4) is 5.75 Å². The lowest BCUT2D eigenvalue weighted by molar-refractivity contribution is -0.125. The molecule has 1 atom stereocenters. The van der Waals surface area contributed by atoms with Crippen molar-refractivity contribution in [3.05, 3.63) is 72.3 Å². The third-order valence-corrected chi connectivity index (χ3v) is 5.31. The number of hydrogen-bond donors (Lipinski definition) is 2. The molecule has 2 N–H and O–H groups in total. The van der Waals surface area contributed by atoms with E-state index in [1.807, 2.05) is 54.6 Å². The minimum atomic E-state index is -0.882. The largest absolute Gasteiger partial charge is 0.497 e. The number of methoxy groups -OCH3 is 1. The van der Waals surface area contributed by atoms with E-state index in [2.05, 4.69) is 10.6 Å². The Balaban J connectivity index is 1.36. The van der Waals surface area contributed by atoms with Crippen LogP contribution < -0.4 is 20.3 Å². The van der Waals surface area contributed by atoms with Crippen molar-refractivity contribution in [1.29, 1.82) is 0 Å². The van der Waals surface area contributed by atoms with E-state index in [9.17, 15) is 14.4 Å². The lowest BCUT2D eigenvalue weighted by Gasteiger charge is -2.15. The quantitative estimate of drug-likeness (QED) is 0.579. The average molecular weight is 417 g/mol. The van der Waals surface area contributed by atoms with Gasteiger partial charge >= 0.3 is 6.03 Å². The number of anilines is 1. The van der Waals surface area contributed by atoms with Crippen LogP contribution in [0.5, 0.6) is 5.75 Å². The van der Waals surface area contributed by atoms with Gasteiger partial charge in [-0.15, -0.1) is 0 Å². The van der Waals surface area contributed by atoms with Gasteiger partial charge in [0.05, 0.1) is 19.2 Å². The predicted octanol–water partition coefficient (Wildman–Crippen LogP) is 3.02. The standard InChI is InChI=1S/C24H23N3O4/c1-31-18-11-9-16(10-12-18)13-14-25-22(28)15-20-23(29)27(24(30)26-20)21-8-4-6-17-5-2-3-7-19(17)21/h2-12,20H,13-15H2,1H3,(H,25,28)(H,26,30)/t20-/m1/s1. The van der Waals surface area contributed by atoms with Crippen molar-refractivity contribution >= 4 is 34.3 Å². The number of amides is 4. The highest BCUT2D eigenvalue weighted by Crippen LogP contribution is 2.29. The van der Waals surface area contributed by atoms with Crippen molar-refractivity contribution < 1.29 is 19.1 Å². The highest BCUT2D eigenvalue weighted by Gasteiger charge is 2.40. The third kappa shape index (κ3) is 4.35. The summed E-state index contributed by atoms with van der Waals surface area (Å²) in [6, 6.07) is 19.2. The van der Waals surface area contributed by atoms with E-state index in [0.29, 0.717) is 18.7 Å². The van der Waals surface area contributed by atoms with Gasteiger partial charge in [-0.3, -0.25) is 9.59 Å². The topological polar surface area (TPSA) is 87.7 Å². The number of rotatable bonds is 7. The fraction of sp³-hybridized carbons (Fsp3) is 0.208. The summed E-state index contributed by atoms with van der Waals surface area (Å²) in [5.41, 5.74) is 1.58. The second-order valence-corrected chi connectivity index (χ2v) is 7.33. The highest BCUT2D eigenvalue weighted by atomic mass is 16.5. The number of hydrogen-bond acceptors (Lipinski definition) is 4. The zero-order valence-electron chi connectivity index (χ0n) is 17.1. The van der Waals surface area contributed by atoms with Crippen LogP contribution in [0.2, 0.25) is 0 Å². The maximum atomic E-state index is 12.9. The molecule has 31 heavy (non-hydrogen) atoms. The molecule has 3 aromatic rings. The predicted molar refractivity (Wildman–Crippen MR) is 118 cm³/mol. The lowest BCUT2D eigenvalue weighted by Crippen LogP contribution is -2.37. The molecule has 0 spiro atoms. The summed E-state index contributed by atoms with van der Waals surface area (Å²) in [6.07, 6.45) is 0.553. The van der Waals surface area contributed by atoms with Gasteiger partial charge in [0.25, 0.3) is 5.91 Å². The van der Waals surface area contributed by atoms with E-state index in [1.54, 1.807) is 19.2 Å². The fourth-order valence-corrected chi connectivity index (χ4v) is 3.70. The van der Waals surface area contributed by atoms with Crippen LogP contribution in [0, 0.1) is 0 Å². The molecule has 0 saturated carbocycles. The summed E-state index contributed by atoms with van der Waals surface area (Å²) >= 11 is 0. The maximum absolute atomic E-state index is 12.9. The monoisotopic (exact) mass is 417 g/mol. The third-order valence-electron chi connectivity index (χ3n) is 5.31. The Labute approximate surface area is 180 Å². The molecule has 3 aromatic carbocycles. The Morgan fingerprint density at radius 3 is 2.55 bits per heavy atom. The number of carbonyl (C=O) groups is 3. The molecule has 0 unspecified atom stereocenters. The lowest BCUT2D eigenvalue weighted by atomic mass is 10.1. The van der Waals surface area contributed by atoms with Crippen LogP contribution in [-0.4, -0.2) is 37.5 Å². The average Bonchev–Trinajstić information content (AvgIpc) is 3.06. The zero-order valence-corrected chi connectivity index (χ0v) is 17.1. The molecule has 7 heteroatoms. The van der Waals surface area contributed by atoms with Crippen molar-refractivity contribution in [2.24, 2.45) is 0 Å². The van der Waals surface area contributed by atoms with Crippen molar-refractivity contribution in [2.75, 3.05) is 18.6 Å². The van der Waals surface area contributed by atoms with Gasteiger partial charge in [0.15, 0.2) is 0 Å². The van der Waals surface area contributed by atoms with Crippen LogP contribution in [0.25, 0.3) is 10.8 Å². The molecular weight excluding hydrogens is 394 g/mol. The number of imide groups is 1. The van der Waals surface area contributed by atoms with Crippen LogP contribution >= 0.6 is 0 Å². The van der Waals surface area contributed by atoms with E-state index in [1.165, 1.54) is 0 Å². The Morgan fingerprint density at radius 1 is 1.03 bits per heavy atom. The van der Waals surface area contributed by atoms with Gasteiger partial charge in [-0.25, -0.2) is 9.69 Å². The molecule has 1 heterocycles. The van der Waals surface area contributed by atoms with E-state index in [0.717, 1.165) is 27.0 Å². The van der Waals surface area contributed by atoms with Gasteiger partial charge in [-0.05, 0) is 35.6 Å². The molecule has 1 fully saturated rings. The van der Waals surface area contributed by atoms with Gasteiger partial charge in [0, 0.05) is 11.9 Å². The van der Waals surface area contributed by atoms with E-state index < -0.39 is 18.0 Å². The Morgan fingerprint density at radius 2 is 1.77 bits per heavy atom. The number of nitrogens with one attached hydrogen (secondary N) is 2. The molecule has 0 radical (unpaired) electrons. The first kappa shape index (κ1) is 20.4. The van der Waals surface area contributed by atoms with Crippen molar-refractivity contribution in [1.82, 2.24) is 10.6 Å². The first-order chi connectivity index (χ1) is 15.1. The van der Waals surface area contributed by atoms with Crippen molar-refractivity contribution in [2.45, 2.75) is 18.9 Å². The normalized spacial score (nSPS) is 15.8. The summed E-state index contributed by atoms with van der Waals surface area (Å²) in [7, 11) is 1.61. The summed E-state index contributed by atoms with van der Waals surface area (Å²) in [4.78, 5) is 38.9. The molecule has 1 aliphatic rings. The molecule has 1 saturated heterocycles. The zero-order chi connectivity index (χ0) is 21.8. The van der Waals surface area contributed by atoms with Gasteiger partial charge in [-0.2, -0.15) is 0 Å². The number of fused-ring (bicyclic) bond motifs is 1. The van der Waals surface area contributed by atoms with Gasteiger partial charge in [-0.1, -0.05) is 48.5 Å². The number of nitrogens with zero attached hydrogens (tertiary/aromatic N) is 1. The highest BCUT2D eigenvalue weighted by molar-refractivity contribution is 6.24. The molecule has 7 nitrogen and oxygen atoms in total. The summed E-state index contributed by atoms with van der Waals surface area (Å²) in [5, 5.41) is 7.18. The van der Waals surface area contributed by atoms with Crippen LogP contribution in [0.1, 0.15) is 12.0 Å². The number of ether oxygens (including phenoxy) is 1. The molecule has 158 valence electrons. The Hall–Kier alpha value is -3.87. The number of benzene rings is 3. The van der Waals surface area contributed by atoms with Gasteiger partial charge < -0.3 is 15.4 Å². The molecule has 4 rings (SSSR count).